The van der Waals surface area contributed by atoms with Crippen LogP contribution in [-0.2, 0) is 23.9 Å². The number of hydrogen-bond acceptors (Lipinski definition) is 4. The van der Waals surface area contributed by atoms with Gasteiger partial charge in [-0.05, 0) is 19.3 Å². The van der Waals surface area contributed by atoms with E-state index in [1.165, 1.54) is 0 Å². The molecule has 0 saturated carbocycles. The lowest BCUT2D eigenvalue weighted by molar-refractivity contribution is 0.445. The topological polar surface area (TPSA) is 59.8 Å². The van der Waals surface area contributed by atoms with Crippen molar-refractivity contribution >= 4 is 10.8 Å². The fourth-order valence-corrected chi connectivity index (χ4v) is 2.32. The standard InChI is InChI=1S/C12H24N4OS/c1-10(2)8-16-12(14-9-15-16)7-13-11(3)5-6-18(4)17/h9-11,13H,5-8H2,1-4H3. The summed E-state index contributed by atoms with van der Waals surface area (Å²) < 4.78 is 13.0. The van der Waals surface area contributed by atoms with Crippen molar-refractivity contribution in [2.45, 2.75) is 46.3 Å². The van der Waals surface area contributed by atoms with Crippen LogP contribution >= 0.6 is 0 Å². The Labute approximate surface area is 112 Å². The smallest absolute Gasteiger partial charge is 0.140 e. The molecule has 18 heavy (non-hydrogen) atoms. The molecule has 1 aromatic rings. The summed E-state index contributed by atoms with van der Waals surface area (Å²) in [5.41, 5.74) is 0. The van der Waals surface area contributed by atoms with E-state index >= 15 is 0 Å². The van der Waals surface area contributed by atoms with E-state index in [4.69, 9.17) is 0 Å². The van der Waals surface area contributed by atoms with Crippen LogP contribution in [0.1, 0.15) is 33.0 Å². The van der Waals surface area contributed by atoms with E-state index < -0.39 is 10.8 Å². The van der Waals surface area contributed by atoms with Gasteiger partial charge in [-0.3, -0.25) is 4.21 Å². The Bertz CT molecular complexity index is 378. The molecule has 0 aliphatic heterocycles. The maximum Gasteiger partial charge on any atom is 0.140 e. The minimum Gasteiger partial charge on any atom is -0.307 e. The summed E-state index contributed by atoms with van der Waals surface area (Å²) in [5.74, 6) is 2.27. The van der Waals surface area contributed by atoms with E-state index in [0.717, 1.165) is 24.5 Å². The van der Waals surface area contributed by atoms with Gasteiger partial charge >= 0.3 is 0 Å². The second-order valence-electron chi connectivity index (χ2n) is 5.10. The van der Waals surface area contributed by atoms with E-state index in [1.807, 2.05) is 4.68 Å². The molecule has 5 nitrogen and oxygen atoms in total. The Balaban J connectivity index is 2.38. The Kier molecular flexibility index (Phi) is 6.49. The third kappa shape index (κ3) is 5.73. The molecule has 1 N–H and O–H groups in total. The van der Waals surface area contributed by atoms with Gasteiger partial charge in [0.1, 0.15) is 12.2 Å². The van der Waals surface area contributed by atoms with Crippen LogP contribution in [0.2, 0.25) is 0 Å². The third-order valence-corrected chi connectivity index (χ3v) is 3.49. The molecule has 104 valence electrons. The van der Waals surface area contributed by atoms with Crippen LogP contribution in [-0.4, -0.2) is 37.0 Å². The second-order valence-corrected chi connectivity index (χ2v) is 6.65. The van der Waals surface area contributed by atoms with Crippen LogP contribution in [0, 0.1) is 5.92 Å². The molecule has 2 atom stereocenters. The first-order chi connectivity index (χ1) is 8.49. The van der Waals surface area contributed by atoms with Crippen molar-refractivity contribution in [2.75, 3.05) is 12.0 Å². The summed E-state index contributed by atoms with van der Waals surface area (Å²) in [5, 5.41) is 7.62. The van der Waals surface area contributed by atoms with E-state index in [2.05, 4.69) is 36.2 Å². The van der Waals surface area contributed by atoms with E-state index in [-0.39, 0.29) is 0 Å². The Morgan fingerprint density at radius 3 is 2.78 bits per heavy atom. The minimum absolute atomic E-state index is 0.345. The van der Waals surface area contributed by atoms with Crippen molar-refractivity contribution in [3.8, 4) is 0 Å². The van der Waals surface area contributed by atoms with Crippen LogP contribution in [0.4, 0.5) is 0 Å². The molecule has 1 rings (SSSR count). The molecule has 2 unspecified atom stereocenters. The summed E-state index contributed by atoms with van der Waals surface area (Å²) in [6, 6.07) is 0.345. The minimum atomic E-state index is -0.712. The van der Waals surface area contributed by atoms with Crippen LogP contribution in [0.25, 0.3) is 0 Å². The van der Waals surface area contributed by atoms with Crippen molar-refractivity contribution in [1.29, 1.82) is 0 Å². The largest absolute Gasteiger partial charge is 0.307 e. The zero-order valence-electron chi connectivity index (χ0n) is 11.7. The highest BCUT2D eigenvalue weighted by molar-refractivity contribution is 7.84. The number of hydrogen-bond donors (Lipinski definition) is 1. The summed E-state index contributed by atoms with van der Waals surface area (Å²) in [4.78, 5) is 4.27. The molecular formula is C12H24N4OS. The first-order valence-electron chi connectivity index (χ1n) is 6.39. The highest BCUT2D eigenvalue weighted by Gasteiger charge is 2.08. The van der Waals surface area contributed by atoms with Gasteiger partial charge in [0.15, 0.2) is 0 Å². The van der Waals surface area contributed by atoms with Gasteiger partial charge < -0.3 is 5.32 Å². The van der Waals surface area contributed by atoms with Gasteiger partial charge in [-0.15, -0.1) is 0 Å². The molecule has 0 fully saturated rings. The molecule has 6 heteroatoms. The molecular weight excluding hydrogens is 248 g/mol. The van der Waals surface area contributed by atoms with Gasteiger partial charge in [-0.2, -0.15) is 5.10 Å². The number of nitrogens with zero attached hydrogens (tertiary/aromatic N) is 3. The second kappa shape index (κ2) is 7.63. The predicted molar refractivity (Wildman–Crippen MR) is 74.7 cm³/mol. The normalized spacial score (nSPS) is 14.9. The summed E-state index contributed by atoms with van der Waals surface area (Å²) in [6.45, 7) is 8.04. The first kappa shape index (κ1) is 15.3. The SMILES string of the molecule is CC(C)Cn1ncnc1CNC(C)CCS(C)=O. The van der Waals surface area contributed by atoms with Gasteiger partial charge in [0.2, 0.25) is 0 Å². The zero-order chi connectivity index (χ0) is 13.5. The van der Waals surface area contributed by atoms with Crippen molar-refractivity contribution in [3.63, 3.8) is 0 Å². The van der Waals surface area contributed by atoms with Crippen LogP contribution in [0.5, 0.6) is 0 Å². The average Bonchev–Trinajstić information content (AvgIpc) is 2.70. The molecule has 0 bridgehead atoms. The Hall–Kier alpha value is -0.750. The first-order valence-corrected chi connectivity index (χ1v) is 8.11. The summed E-state index contributed by atoms with van der Waals surface area (Å²) in [7, 11) is -0.712. The lowest BCUT2D eigenvalue weighted by Gasteiger charge is -2.14. The van der Waals surface area contributed by atoms with Crippen LogP contribution in [0.15, 0.2) is 6.33 Å². The van der Waals surface area contributed by atoms with Gasteiger partial charge in [0.25, 0.3) is 0 Å². The van der Waals surface area contributed by atoms with Gasteiger partial charge in [0.05, 0.1) is 6.54 Å². The molecule has 0 radical (unpaired) electrons. The maximum atomic E-state index is 11.0. The lowest BCUT2D eigenvalue weighted by atomic mass is 10.2. The number of nitrogens with one attached hydrogen (secondary N) is 1. The average molecular weight is 272 g/mol. The summed E-state index contributed by atoms with van der Waals surface area (Å²) in [6.07, 6.45) is 4.26. The van der Waals surface area contributed by atoms with E-state index in [1.54, 1.807) is 12.6 Å². The molecule has 0 amide bonds. The van der Waals surface area contributed by atoms with Crippen molar-refractivity contribution < 1.29 is 4.21 Å². The Morgan fingerprint density at radius 2 is 2.17 bits per heavy atom. The summed E-state index contributed by atoms with van der Waals surface area (Å²) >= 11 is 0. The molecule has 0 aliphatic carbocycles. The molecule has 1 aromatic heterocycles. The van der Waals surface area contributed by atoms with Gasteiger partial charge in [0, 0.05) is 35.4 Å². The number of rotatable bonds is 8. The lowest BCUT2D eigenvalue weighted by Crippen LogP contribution is -2.28. The fourth-order valence-electron chi connectivity index (χ4n) is 1.63. The molecule has 0 saturated heterocycles. The van der Waals surface area contributed by atoms with Crippen molar-refractivity contribution in [2.24, 2.45) is 5.92 Å². The number of aromatic nitrogens is 3. The molecule has 1 heterocycles. The quantitative estimate of drug-likeness (QED) is 0.772. The van der Waals surface area contributed by atoms with Gasteiger partial charge in [-0.25, -0.2) is 9.67 Å². The molecule has 0 aromatic carbocycles. The van der Waals surface area contributed by atoms with Crippen molar-refractivity contribution in [1.82, 2.24) is 20.1 Å². The van der Waals surface area contributed by atoms with E-state index in [9.17, 15) is 4.21 Å². The van der Waals surface area contributed by atoms with Crippen molar-refractivity contribution in [3.05, 3.63) is 12.2 Å². The van der Waals surface area contributed by atoms with Crippen LogP contribution < -0.4 is 5.32 Å². The van der Waals surface area contributed by atoms with Gasteiger partial charge in [-0.1, -0.05) is 13.8 Å². The molecule has 0 aliphatic rings. The van der Waals surface area contributed by atoms with Crippen LogP contribution in [0.3, 0.4) is 0 Å². The zero-order valence-corrected chi connectivity index (χ0v) is 12.5. The maximum absolute atomic E-state index is 11.0. The molecule has 0 spiro atoms. The highest BCUT2D eigenvalue weighted by Crippen LogP contribution is 2.02. The Morgan fingerprint density at radius 1 is 1.44 bits per heavy atom. The third-order valence-electron chi connectivity index (χ3n) is 2.68. The fraction of sp³-hybridized carbons (Fsp3) is 0.833. The predicted octanol–water partition coefficient (Wildman–Crippen LogP) is 1.18. The monoisotopic (exact) mass is 272 g/mol. The van der Waals surface area contributed by atoms with E-state index in [0.29, 0.717) is 18.5 Å². The highest BCUT2D eigenvalue weighted by atomic mass is 32.2.